The minimum Gasteiger partial charge on any atom is -0.480 e. The van der Waals surface area contributed by atoms with Gasteiger partial charge in [0.05, 0.1) is 13.1 Å². The lowest BCUT2D eigenvalue weighted by Gasteiger charge is -2.17. The number of carbonyl (C=O) groups excluding carboxylic acids is 1. The Hall–Kier alpha value is -1.40. The van der Waals surface area contributed by atoms with Crippen molar-refractivity contribution in [3.63, 3.8) is 0 Å². The predicted molar refractivity (Wildman–Crippen MR) is 65.9 cm³/mol. The van der Waals surface area contributed by atoms with Crippen LogP contribution in [0.4, 0.5) is 0 Å². The van der Waals surface area contributed by atoms with Gasteiger partial charge in [0, 0.05) is 11.9 Å². The van der Waals surface area contributed by atoms with Crippen molar-refractivity contribution in [1.82, 2.24) is 10.2 Å². The van der Waals surface area contributed by atoms with Gasteiger partial charge in [-0.2, -0.15) is 0 Å². The van der Waals surface area contributed by atoms with Crippen LogP contribution < -0.4 is 5.32 Å². The molecule has 0 fully saturated rings. The number of carboxylic acids is 1. The Morgan fingerprint density at radius 3 is 2.82 bits per heavy atom. The van der Waals surface area contributed by atoms with Crippen LogP contribution in [-0.4, -0.2) is 41.5 Å². The summed E-state index contributed by atoms with van der Waals surface area (Å²) in [4.78, 5) is 24.9. The summed E-state index contributed by atoms with van der Waals surface area (Å²) in [6.07, 6.45) is 0. The van der Waals surface area contributed by atoms with E-state index >= 15 is 0 Å². The van der Waals surface area contributed by atoms with Crippen LogP contribution >= 0.6 is 11.3 Å². The second kappa shape index (κ2) is 6.36. The zero-order valence-corrected chi connectivity index (χ0v) is 10.7. The number of rotatable bonds is 6. The molecule has 0 radical (unpaired) electrons. The third kappa shape index (κ3) is 4.54. The largest absolute Gasteiger partial charge is 0.480 e. The number of nitrogens with zero attached hydrogens (tertiary/aromatic N) is 1. The van der Waals surface area contributed by atoms with E-state index < -0.39 is 12.0 Å². The molecule has 1 amide bonds. The third-order valence-electron chi connectivity index (χ3n) is 2.33. The lowest BCUT2D eigenvalue weighted by atomic mass is 10.3. The fraction of sp³-hybridized carbons (Fsp3) is 0.455. The number of amides is 1. The first-order valence-corrected chi connectivity index (χ1v) is 6.11. The molecule has 2 N–H and O–H groups in total. The fourth-order valence-electron chi connectivity index (χ4n) is 1.19. The molecule has 0 aliphatic heterocycles. The lowest BCUT2D eigenvalue weighted by molar-refractivity contribution is -0.139. The van der Waals surface area contributed by atoms with Crippen LogP contribution in [0.1, 0.15) is 11.8 Å². The van der Waals surface area contributed by atoms with E-state index in [-0.39, 0.29) is 12.5 Å². The van der Waals surface area contributed by atoms with E-state index in [0.717, 1.165) is 4.88 Å². The summed E-state index contributed by atoms with van der Waals surface area (Å²) in [5.74, 6) is -1.08. The number of hydrogen-bond donors (Lipinski definition) is 2. The molecule has 0 bridgehead atoms. The van der Waals surface area contributed by atoms with Crippen LogP contribution in [0.15, 0.2) is 17.5 Å². The van der Waals surface area contributed by atoms with Gasteiger partial charge in [0.25, 0.3) is 0 Å². The van der Waals surface area contributed by atoms with E-state index in [0.29, 0.717) is 6.54 Å². The van der Waals surface area contributed by atoms with Crippen molar-refractivity contribution in [1.29, 1.82) is 0 Å². The molecule has 1 unspecified atom stereocenters. The van der Waals surface area contributed by atoms with Gasteiger partial charge < -0.3 is 10.0 Å². The first-order chi connectivity index (χ1) is 8.00. The summed E-state index contributed by atoms with van der Waals surface area (Å²) >= 11 is 1.59. The first-order valence-electron chi connectivity index (χ1n) is 5.23. The molecule has 6 heteroatoms. The monoisotopic (exact) mass is 256 g/mol. The quantitative estimate of drug-likeness (QED) is 0.788. The minimum absolute atomic E-state index is 0.0370. The van der Waals surface area contributed by atoms with Crippen LogP contribution in [0.5, 0.6) is 0 Å². The second-order valence-corrected chi connectivity index (χ2v) is 4.80. The van der Waals surface area contributed by atoms with Gasteiger partial charge in [0.15, 0.2) is 0 Å². The Labute approximate surface area is 104 Å². The standard InChI is InChI=1S/C11H16N2O3S/c1-8(11(15)16)12-6-10(14)13(2)7-9-4-3-5-17-9/h3-5,8,12H,6-7H2,1-2H3,(H,15,16). The Morgan fingerprint density at radius 1 is 1.59 bits per heavy atom. The average molecular weight is 256 g/mol. The molecule has 0 saturated heterocycles. The van der Waals surface area contributed by atoms with Gasteiger partial charge in [0.2, 0.25) is 5.91 Å². The number of hydrogen-bond acceptors (Lipinski definition) is 4. The first kappa shape index (κ1) is 13.7. The highest BCUT2D eigenvalue weighted by molar-refractivity contribution is 7.09. The summed E-state index contributed by atoms with van der Waals surface area (Å²) in [7, 11) is 1.70. The Morgan fingerprint density at radius 2 is 2.29 bits per heavy atom. The van der Waals surface area contributed by atoms with E-state index in [1.165, 1.54) is 6.92 Å². The number of aliphatic carboxylic acids is 1. The smallest absolute Gasteiger partial charge is 0.320 e. The number of carboxylic acid groups (broad SMARTS) is 1. The maximum atomic E-state index is 11.7. The number of nitrogens with one attached hydrogen (secondary N) is 1. The van der Waals surface area contributed by atoms with Crippen molar-refractivity contribution in [3.8, 4) is 0 Å². The van der Waals surface area contributed by atoms with E-state index in [9.17, 15) is 9.59 Å². The highest BCUT2D eigenvalue weighted by Gasteiger charge is 2.14. The van der Waals surface area contributed by atoms with Gasteiger partial charge in [-0.3, -0.25) is 14.9 Å². The van der Waals surface area contributed by atoms with Gasteiger partial charge in [-0.1, -0.05) is 6.07 Å². The lowest BCUT2D eigenvalue weighted by Crippen LogP contribution is -2.41. The highest BCUT2D eigenvalue weighted by Crippen LogP contribution is 2.10. The molecule has 1 rings (SSSR count). The van der Waals surface area contributed by atoms with Crippen molar-refractivity contribution in [2.24, 2.45) is 0 Å². The van der Waals surface area contributed by atoms with Crippen LogP contribution in [-0.2, 0) is 16.1 Å². The summed E-state index contributed by atoms with van der Waals surface area (Å²) in [5.41, 5.74) is 0. The number of likely N-dealkylation sites (N-methyl/N-ethyl adjacent to an activating group) is 1. The molecule has 1 aromatic heterocycles. The summed E-state index contributed by atoms with van der Waals surface area (Å²) in [6, 6.07) is 3.18. The number of carbonyl (C=O) groups is 2. The molecular formula is C11H16N2O3S. The van der Waals surface area contributed by atoms with Crippen molar-refractivity contribution < 1.29 is 14.7 Å². The molecule has 1 aromatic rings. The van der Waals surface area contributed by atoms with E-state index in [4.69, 9.17) is 5.11 Å². The molecule has 1 heterocycles. The molecule has 94 valence electrons. The maximum absolute atomic E-state index is 11.7. The predicted octanol–water partition coefficient (Wildman–Crippen LogP) is 0.769. The zero-order chi connectivity index (χ0) is 12.8. The molecule has 0 aliphatic carbocycles. The molecule has 17 heavy (non-hydrogen) atoms. The van der Waals surface area contributed by atoms with Gasteiger partial charge in [-0.05, 0) is 18.4 Å². The van der Waals surface area contributed by atoms with Gasteiger partial charge >= 0.3 is 5.97 Å². The Bertz CT molecular complexity index is 378. The van der Waals surface area contributed by atoms with Crippen LogP contribution in [0.3, 0.4) is 0 Å². The van der Waals surface area contributed by atoms with Crippen molar-refractivity contribution in [2.75, 3.05) is 13.6 Å². The normalized spacial score (nSPS) is 12.1. The molecule has 5 nitrogen and oxygen atoms in total. The molecule has 0 saturated carbocycles. The van der Waals surface area contributed by atoms with Gasteiger partial charge in [-0.25, -0.2) is 0 Å². The molecule has 0 aromatic carbocycles. The third-order valence-corrected chi connectivity index (χ3v) is 3.19. The average Bonchev–Trinajstić information content (AvgIpc) is 2.77. The second-order valence-electron chi connectivity index (χ2n) is 3.77. The zero-order valence-electron chi connectivity index (χ0n) is 9.84. The molecule has 0 spiro atoms. The summed E-state index contributed by atoms with van der Waals surface area (Å²) in [5, 5.41) is 13.3. The topological polar surface area (TPSA) is 69.6 Å². The van der Waals surface area contributed by atoms with Crippen LogP contribution in [0, 0.1) is 0 Å². The number of thiophene rings is 1. The fourth-order valence-corrected chi connectivity index (χ4v) is 1.94. The van der Waals surface area contributed by atoms with Crippen molar-refractivity contribution in [2.45, 2.75) is 19.5 Å². The minimum atomic E-state index is -0.960. The van der Waals surface area contributed by atoms with Crippen LogP contribution in [0.25, 0.3) is 0 Å². The molecular weight excluding hydrogens is 240 g/mol. The summed E-state index contributed by atoms with van der Waals surface area (Å²) in [6.45, 7) is 2.10. The SMILES string of the molecule is CC(NCC(=O)N(C)Cc1cccs1)C(=O)O. The van der Waals surface area contributed by atoms with Gasteiger partial charge in [-0.15, -0.1) is 11.3 Å². The molecule has 1 atom stereocenters. The maximum Gasteiger partial charge on any atom is 0.320 e. The van der Waals surface area contributed by atoms with Crippen molar-refractivity contribution >= 4 is 23.2 Å². The van der Waals surface area contributed by atoms with Gasteiger partial charge in [0.1, 0.15) is 6.04 Å². The highest BCUT2D eigenvalue weighted by atomic mass is 32.1. The van der Waals surface area contributed by atoms with E-state index in [1.54, 1.807) is 23.3 Å². The summed E-state index contributed by atoms with van der Waals surface area (Å²) < 4.78 is 0. The van der Waals surface area contributed by atoms with Crippen LogP contribution in [0.2, 0.25) is 0 Å². The Kier molecular flexibility index (Phi) is 5.11. The van der Waals surface area contributed by atoms with Crippen molar-refractivity contribution in [3.05, 3.63) is 22.4 Å². The van der Waals surface area contributed by atoms with E-state index in [2.05, 4.69) is 5.32 Å². The van der Waals surface area contributed by atoms with E-state index in [1.807, 2.05) is 17.5 Å². The Balaban J connectivity index is 2.34. The molecule has 0 aliphatic rings.